The highest BCUT2D eigenvalue weighted by atomic mass is 19.1. The Morgan fingerprint density at radius 3 is 2.41 bits per heavy atom. The van der Waals surface area contributed by atoms with Crippen LogP contribution in [-0.4, -0.2) is 44.4 Å². The molecular formula is C30H37F2N5O2. The van der Waals surface area contributed by atoms with Crippen LogP contribution in [0.4, 0.5) is 14.7 Å². The summed E-state index contributed by atoms with van der Waals surface area (Å²) in [5.41, 5.74) is 2.48. The number of aromatic nitrogens is 3. The van der Waals surface area contributed by atoms with Gasteiger partial charge >= 0.3 is 0 Å². The van der Waals surface area contributed by atoms with Crippen molar-refractivity contribution in [1.29, 1.82) is 0 Å². The van der Waals surface area contributed by atoms with Crippen LogP contribution in [0, 0.1) is 17.0 Å². The SMILES string of the molecule is CC(C)(C)Cc1cnc2c(c1)[C@@H](NC[C@@H](O)[C@H](Cc1cc(F)cc(F)c1)Nc1ncccn1)CC1(CCC1)O2. The van der Waals surface area contributed by atoms with E-state index in [9.17, 15) is 13.9 Å². The van der Waals surface area contributed by atoms with Crippen LogP contribution in [0.1, 0.15) is 69.2 Å². The number of anilines is 1. The second-order valence-electron chi connectivity index (χ2n) is 12.2. The number of nitrogens with one attached hydrogen (secondary N) is 2. The third-order valence-corrected chi connectivity index (χ3v) is 7.50. The first-order valence-corrected chi connectivity index (χ1v) is 13.7. The van der Waals surface area contributed by atoms with Crippen LogP contribution in [0.2, 0.25) is 0 Å². The standard InChI is InChI=1S/C30H37F2N5O2/c1-29(2,3)15-20-12-23-25(16-30(6-4-7-30)39-27(23)36-17-20)35-18-26(38)24(37-28-33-8-5-9-34-28)13-19-10-21(31)14-22(32)11-19/h5,8-12,14,17,24-26,35,38H,4,6-7,13,15-16,18H2,1-3H3,(H,33,34,37)/t24-,25-,26+/m0/s1. The Kier molecular flexibility index (Phi) is 7.82. The molecule has 3 N–H and O–H groups in total. The minimum absolute atomic E-state index is 0.0450. The van der Waals surface area contributed by atoms with Gasteiger partial charge in [0.1, 0.15) is 17.2 Å². The van der Waals surface area contributed by atoms with Crippen LogP contribution in [-0.2, 0) is 12.8 Å². The number of rotatable bonds is 9. The van der Waals surface area contributed by atoms with Crippen LogP contribution in [0.5, 0.6) is 5.88 Å². The van der Waals surface area contributed by atoms with Gasteiger partial charge in [0.15, 0.2) is 0 Å². The molecule has 9 heteroatoms. The first kappa shape index (κ1) is 27.4. The fourth-order valence-electron chi connectivity index (χ4n) is 5.56. The number of fused-ring (bicyclic) bond motifs is 1. The van der Waals surface area contributed by atoms with E-state index in [1.54, 1.807) is 18.5 Å². The van der Waals surface area contributed by atoms with Crippen LogP contribution in [0.15, 0.2) is 48.9 Å². The van der Waals surface area contributed by atoms with E-state index in [0.717, 1.165) is 49.3 Å². The van der Waals surface area contributed by atoms with Crippen molar-refractivity contribution in [2.45, 2.75) is 83.1 Å². The fourth-order valence-corrected chi connectivity index (χ4v) is 5.56. The van der Waals surface area contributed by atoms with Crippen molar-refractivity contribution in [1.82, 2.24) is 20.3 Å². The van der Waals surface area contributed by atoms with Gasteiger partial charge in [-0.3, -0.25) is 0 Å². The fraction of sp³-hybridized carbons (Fsp3) is 0.500. The lowest BCUT2D eigenvalue weighted by Gasteiger charge is -2.47. The summed E-state index contributed by atoms with van der Waals surface area (Å²) in [6, 6.07) is 6.63. The number of aliphatic hydroxyl groups is 1. The van der Waals surface area contributed by atoms with E-state index in [0.29, 0.717) is 17.4 Å². The Hall–Kier alpha value is -3.17. The summed E-state index contributed by atoms with van der Waals surface area (Å²) in [5.74, 6) is -0.321. The monoisotopic (exact) mass is 537 g/mol. The molecule has 1 aromatic carbocycles. The number of benzene rings is 1. The Bertz CT molecular complexity index is 1260. The van der Waals surface area contributed by atoms with Crippen molar-refractivity contribution < 1.29 is 18.6 Å². The Balaban J connectivity index is 1.35. The highest BCUT2D eigenvalue weighted by Gasteiger charge is 2.46. The second-order valence-corrected chi connectivity index (χ2v) is 12.2. The molecule has 1 fully saturated rings. The molecule has 1 saturated carbocycles. The zero-order valence-electron chi connectivity index (χ0n) is 22.8. The lowest BCUT2D eigenvalue weighted by atomic mass is 9.73. The number of halogens is 2. The van der Waals surface area contributed by atoms with Gasteiger partial charge in [-0.25, -0.2) is 23.7 Å². The van der Waals surface area contributed by atoms with Gasteiger partial charge in [-0.05, 0) is 72.9 Å². The van der Waals surface area contributed by atoms with Crippen LogP contribution in [0.25, 0.3) is 0 Å². The number of hydrogen-bond acceptors (Lipinski definition) is 7. The summed E-state index contributed by atoms with van der Waals surface area (Å²) in [5, 5.41) is 18.1. The van der Waals surface area contributed by atoms with Crippen LogP contribution in [0.3, 0.4) is 0 Å². The third-order valence-electron chi connectivity index (χ3n) is 7.50. The first-order valence-electron chi connectivity index (χ1n) is 13.7. The largest absolute Gasteiger partial charge is 0.471 e. The van der Waals surface area contributed by atoms with Crippen LogP contribution < -0.4 is 15.4 Å². The van der Waals surface area contributed by atoms with E-state index < -0.39 is 23.8 Å². The highest BCUT2D eigenvalue weighted by molar-refractivity contribution is 5.37. The summed E-state index contributed by atoms with van der Waals surface area (Å²) in [4.78, 5) is 13.1. The predicted molar refractivity (Wildman–Crippen MR) is 145 cm³/mol. The lowest BCUT2D eigenvalue weighted by molar-refractivity contribution is -0.0419. The molecule has 5 rings (SSSR count). The molecule has 7 nitrogen and oxygen atoms in total. The van der Waals surface area contributed by atoms with Crippen molar-refractivity contribution in [3.05, 3.63) is 77.2 Å². The minimum atomic E-state index is -0.908. The molecule has 0 saturated heterocycles. The number of aliphatic hydroxyl groups excluding tert-OH is 1. The van der Waals surface area contributed by atoms with Gasteiger partial charge in [0, 0.05) is 49.2 Å². The van der Waals surface area contributed by atoms with Gasteiger partial charge in [0.2, 0.25) is 11.8 Å². The molecule has 208 valence electrons. The van der Waals surface area contributed by atoms with E-state index in [2.05, 4.69) is 47.4 Å². The summed E-state index contributed by atoms with van der Waals surface area (Å²) < 4.78 is 34.2. The normalized spacial score (nSPS) is 19.5. The van der Waals surface area contributed by atoms with Gasteiger partial charge < -0.3 is 20.5 Å². The zero-order valence-corrected chi connectivity index (χ0v) is 22.8. The van der Waals surface area contributed by atoms with E-state index in [4.69, 9.17) is 9.72 Å². The van der Waals surface area contributed by atoms with Gasteiger partial charge in [-0.1, -0.05) is 20.8 Å². The lowest BCUT2D eigenvalue weighted by Crippen LogP contribution is -2.51. The topological polar surface area (TPSA) is 92.2 Å². The van der Waals surface area contributed by atoms with Crippen molar-refractivity contribution in [3.63, 3.8) is 0 Å². The molecule has 2 aromatic heterocycles. The molecule has 2 aliphatic rings. The summed E-state index contributed by atoms with van der Waals surface area (Å²) in [7, 11) is 0. The maximum Gasteiger partial charge on any atom is 0.222 e. The van der Waals surface area contributed by atoms with Crippen LogP contribution >= 0.6 is 0 Å². The van der Waals surface area contributed by atoms with Gasteiger partial charge in [0.25, 0.3) is 0 Å². The molecule has 0 radical (unpaired) electrons. The predicted octanol–water partition coefficient (Wildman–Crippen LogP) is 5.16. The van der Waals surface area contributed by atoms with E-state index in [1.807, 2.05) is 6.20 Å². The van der Waals surface area contributed by atoms with Crippen molar-refractivity contribution in [2.24, 2.45) is 5.41 Å². The maximum absolute atomic E-state index is 13.9. The van der Waals surface area contributed by atoms with E-state index in [1.165, 1.54) is 12.1 Å². The number of ether oxygens (including phenoxy) is 1. The molecule has 0 amide bonds. The number of pyridine rings is 1. The molecule has 0 bridgehead atoms. The Labute approximate surface area is 228 Å². The smallest absolute Gasteiger partial charge is 0.222 e. The number of hydrogen-bond donors (Lipinski definition) is 3. The van der Waals surface area contributed by atoms with Gasteiger partial charge in [-0.15, -0.1) is 0 Å². The first-order chi connectivity index (χ1) is 18.6. The average molecular weight is 538 g/mol. The van der Waals surface area contributed by atoms with E-state index in [-0.39, 0.29) is 30.0 Å². The van der Waals surface area contributed by atoms with Gasteiger partial charge in [0.05, 0.1) is 12.1 Å². The van der Waals surface area contributed by atoms with Crippen molar-refractivity contribution in [3.8, 4) is 5.88 Å². The Morgan fingerprint density at radius 2 is 1.77 bits per heavy atom. The molecule has 1 aliphatic heterocycles. The second kappa shape index (κ2) is 11.1. The maximum atomic E-state index is 13.9. The molecule has 3 aromatic rings. The minimum Gasteiger partial charge on any atom is -0.471 e. The average Bonchev–Trinajstić information content (AvgIpc) is 2.85. The molecule has 1 spiro atoms. The van der Waals surface area contributed by atoms with Crippen molar-refractivity contribution >= 4 is 5.95 Å². The molecule has 3 atom stereocenters. The quantitative estimate of drug-likeness (QED) is 0.347. The Morgan fingerprint density at radius 1 is 1.05 bits per heavy atom. The molecule has 39 heavy (non-hydrogen) atoms. The summed E-state index contributed by atoms with van der Waals surface area (Å²) in [6.07, 6.45) is 9.15. The van der Waals surface area contributed by atoms with Gasteiger partial charge in [-0.2, -0.15) is 0 Å². The highest BCUT2D eigenvalue weighted by Crippen LogP contribution is 2.48. The molecule has 0 unspecified atom stereocenters. The van der Waals surface area contributed by atoms with E-state index >= 15 is 0 Å². The molecule has 3 heterocycles. The van der Waals surface area contributed by atoms with Crippen molar-refractivity contribution in [2.75, 3.05) is 11.9 Å². The third kappa shape index (κ3) is 6.89. The molecular weight excluding hydrogens is 500 g/mol. The summed E-state index contributed by atoms with van der Waals surface area (Å²) >= 11 is 0. The molecule has 1 aliphatic carbocycles. The summed E-state index contributed by atoms with van der Waals surface area (Å²) in [6.45, 7) is 6.84. The zero-order chi connectivity index (χ0) is 27.6. The number of nitrogens with zero attached hydrogens (tertiary/aromatic N) is 3.